The van der Waals surface area contributed by atoms with Crippen molar-refractivity contribution in [3.63, 3.8) is 0 Å². The summed E-state index contributed by atoms with van der Waals surface area (Å²) >= 11 is 0. The van der Waals surface area contributed by atoms with E-state index in [1.54, 1.807) is 0 Å². The number of nitrogens with one attached hydrogen (secondary N) is 2. The maximum Gasteiger partial charge on any atom is 0.416 e. The number of carbonyl (C=O) groups is 1. The Balaban J connectivity index is 2.47. The van der Waals surface area contributed by atoms with Gasteiger partial charge in [-0.05, 0) is 38.4 Å². The van der Waals surface area contributed by atoms with Crippen LogP contribution >= 0.6 is 0 Å². The molecule has 0 aliphatic rings. The van der Waals surface area contributed by atoms with Crippen LogP contribution in [-0.2, 0) is 6.18 Å². The fourth-order valence-corrected chi connectivity index (χ4v) is 1.31. The maximum absolute atomic E-state index is 12.3. The summed E-state index contributed by atoms with van der Waals surface area (Å²) in [5.74, 6) is 0. The molecule has 1 aromatic carbocycles. The third kappa shape index (κ3) is 5.60. The van der Waals surface area contributed by atoms with Gasteiger partial charge in [-0.1, -0.05) is 0 Å². The van der Waals surface area contributed by atoms with Crippen LogP contribution in [0.5, 0.6) is 0 Å². The monoisotopic (exact) mass is 275 g/mol. The molecule has 0 unspecified atom stereocenters. The molecule has 0 aliphatic carbocycles. The first-order valence-electron chi connectivity index (χ1n) is 5.66. The van der Waals surface area contributed by atoms with E-state index in [0.29, 0.717) is 18.8 Å². The van der Waals surface area contributed by atoms with Gasteiger partial charge in [0.25, 0.3) is 0 Å². The molecule has 2 amide bonds. The smallest absolute Gasteiger partial charge is 0.337 e. The highest BCUT2D eigenvalue weighted by molar-refractivity contribution is 5.89. The van der Waals surface area contributed by atoms with Crippen molar-refractivity contribution < 1.29 is 18.0 Å². The van der Waals surface area contributed by atoms with Gasteiger partial charge in [0, 0.05) is 18.8 Å². The molecule has 7 heteroatoms. The topological polar surface area (TPSA) is 44.4 Å². The van der Waals surface area contributed by atoms with E-state index >= 15 is 0 Å². The number of carbonyl (C=O) groups excluding carboxylic acids is 1. The van der Waals surface area contributed by atoms with Crippen LogP contribution in [0, 0.1) is 0 Å². The molecule has 1 rings (SSSR count). The minimum atomic E-state index is -4.37. The van der Waals surface area contributed by atoms with Gasteiger partial charge in [-0.3, -0.25) is 0 Å². The van der Waals surface area contributed by atoms with Gasteiger partial charge in [0.1, 0.15) is 0 Å². The number of alkyl halides is 3. The minimum absolute atomic E-state index is 0.315. The van der Waals surface area contributed by atoms with E-state index in [1.807, 2.05) is 19.0 Å². The van der Waals surface area contributed by atoms with Crippen LogP contribution < -0.4 is 10.6 Å². The van der Waals surface area contributed by atoms with E-state index in [9.17, 15) is 18.0 Å². The fourth-order valence-electron chi connectivity index (χ4n) is 1.31. The molecule has 1 aromatic rings. The molecule has 2 N–H and O–H groups in total. The second-order valence-corrected chi connectivity index (χ2v) is 4.26. The molecule has 19 heavy (non-hydrogen) atoms. The SMILES string of the molecule is CN(C)CCNC(=O)Nc1ccc(C(F)(F)F)cc1. The Labute approximate surface area is 109 Å². The Kier molecular flexibility index (Phi) is 5.17. The second kappa shape index (κ2) is 6.42. The number of hydrogen-bond donors (Lipinski definition) is 2. The lowest BCUT2D eigenvalue weighted by molar-refractivity contribution is -0.137. The van der Waals surface area contributed by atoms with Crippen molar-refractivity contribution in [3.8, 4) is 0 Å². The van der Waals surface area contributed by atoms with Gasteiger partial charge in [0.15, 0.2) is 0 Å². The normalized spacial score (nSPS) is 11.5. The number of urea groups is 1. The molecule has 0 spiro atoms. The van der Waals surface area contributed by atoms with Gasteiger partial charge >= 0.3 is 12.2 Å². The highest BCUT2D eigenvalue weighted by Crippen LogP contribution is 2.29. The maximum atomic E-state index is 12.3. The van der Waals surface area contributed by atoms with Crippen LogP contribution in [0.2, 0.25) is 0 Å². The van der Waals surface area contributed by atoms with Crippen LogP contribution in [0.15, 0.2) is 24.3 Å². The van der Waals surface area contributed by atoms with E-state index < -0.39 is 17.8 Å². The standard InChI is InChI=1S/C12H16F3N3O/c1-18(2)8-7-16-11(19)17-10-5-3-9(4-6-10)12(13,14)15/h3-6H,7-8H2,1-2H3,(H2,16,17,19). The van der Waals surface area contributed by atoms with Gasteiger partial charge in [0.05, 0.1) is 5.56 Å². The van der Waals surface area contributed by atoms with Crippen molar-refractivity contribution in [1.29, 1.82) is 0 Å². The Bertz CT molecular complexity index is 415. The van der Waals surface area contributed by atoms with Crippen molar-refractivity contribution >= 4 is 11.7 Å². The quantitative estimate of drug-likeness (QED) is 0.886. The van der Waals surface area contributed by atoms with Crippen LogP contribution in [-0.4, -0.2) is 38.1 Å². The summed E-state index contributed by atoms with van der Waals surface area (Å²) in [6, 6.07) is 3.84. The third-order valence-corrected chi connectivity index (χ3v) is 2.31. The lowest BCUT2D eigenvalue weighted by Crippen LogP contribution is -2.34. The molecule has 0 saturated carbocycles. The fraction of sp³-hybridized carbons (Fsp3) is 0.417. The second-order valence-electron chi connectivity index (χ2n) is 4.26. The number of amides is 2. The number of hydrogen-bond acceptors (Lipinski definition) is 2. The van der Waals surface area contributed by atoms with Gasteiger partial charge in [0.2, 0.25) is 0 Å². The van der Waals surface area contributed by atoms with Crippen LogP contribution in [0.1, 0.15) is 5.56 Å². The Morgan fingerprint density at radius 1 is 1.21 bits per heavy atom. The van der Waals surface area contributed by atoms with E-state index in [-0.39, 0.29) is 0 Å². The highest BCUT2D eigenvalue weighted by atomic mass is 19.4. The molecule has 0 aromatic heterocycles. The first-order chi connectivity index (χ1) is 8.79. The Morgan fingerprint density at radius 2 is 1.79 bits per heavy atom. The Morgan fingerprint density at radius 3 is 2.26 bits per heavy atom. The molecule has 0 atom stereocenters. The summed E-state index contributed by atoms with van der Waals surface area (Å²) in [4.78, 5) is 13.3. The first kappa shape index (κ1) is 15.3. The molecule has 0 fully saturated rings. The number of halogens is 3. The predicted molar refractivity (Wildman–Crippen MR) is 67.0 cm³/mol. The number of anilines is 1. The molecular formula is C12H16F3N3O. The summed E-state index contributed by atoms with van der Waals surface area (Å²) in [6.45, 7) is 1.14. The molecule has 0 aliphatic heterocycles. The first-order valence-corrected chi connectivity index (χ1v) is 5.66. The number of benzene rings is 1. The molecule has 4 nitrogen and oxygen atoms in total. The molecular weight excluding hydrogens is 259 g/mol. The summed E-state index contributed by atoms with van der Waals surface area (Å²) in [5, 5.41) is 5.05. The Hall–Kier alpha value is -1.76. The van der Waals surface area contributed by atoms with Crippen molar-refractivity contribution in [2.75, 3.05) is 32.5 Å². The summed E-state index contributed by atoms with van der Waals surface area (Å²) in [7, 11) is 3.74. The van der Waals surface area contributed by atoms with Crippen LogP contribution in [0.25, 0.3) is 0 Å². The average molecular weight is 275 g/mol. The molecule has 0 radical (unpaired) electrons. The average Bonchev–Trinajstić information content (AvgIpc) is 2.27. The van der Waals surface area contributed by atoms with Crippen molar-refractivity contribution in [2.24, 2.45) is 0 Å². The van der Waals surface area contributed by atoms with Crippen molar-refractivity contribution in [3.05, 3.63) is 29.8 Å². The van der Waals surface area contributed by atoms with Crippen molar-refractivity contribution in [1.82, 2.24) is 10.2 Å². The zero-order valence-electron chi connectivity index (χ0n) is 10.7. The van der Waals surface area contributed by atoms with E-state index in [1.165, 1.54) is 12.1 Å². The van der Waals surface area contributed by atoms with E-state index in [2.05, 4.69) is 10.6 Å². The van der Waals surface area contributed by atoms with Gasteiger partial charge in [-0.25, -0.2) is 4.79 Å². The minimum Gasteiger partial charge on any atom is -0.337 e. The lowest BCUT2D eigenvalue weighted by atomic mass is 10.2. The summed E-state index contributed by atoms with van der Waals surface area (Å²) in [5.41, 5.74) is -0.429. The zero-order chi connectivity index (χ0) is 14.5. The lowest BCUT2D eigenvalue weighted by Gasteiger charge is -2.12. The van der Waals surface area contributed by atoms with E-state index in [4.69, 9.17) is 0 Å². The third-order valence-electron chi connectivity index (χ3n) is 2.31. The number of likely N-dealkylation sites (N-methyl/N-ethyl adjacent to an activating group) is 1. The molecule has 0 heterocycles. The van der Waals surface area contributed by atoms with Gasteiger partial charge in [-0.2, -0.15) is 13.2 Å². The molecule has 0 saturated heterocycles. The van der Waals surface area contributed by atoms with Crippen LogP contribution in [0.4, 0.5) is 23.7 Å². The van der Waals surface area contributed by atoms with Crippen LogP contribution in [0.3, 0.4) is 0 Å². The largest absolute Gasteiger partial charge is 0.416 e. The molecule has 106 valence electrons. The zero-order valence-corrected chi connectivity index (χ0v) is 10.7. The van der Waals surface area contributed by atoms with Crippen molar-refractivity contribution in [2.45, 2.75) is 6.18 Å². The number of nitrogens with zero attached hydrogens (tertiary/aromatic N) is 1. The molecule has 0 bridgehead atoms. The van der Waals surface area contributed by atoms with Gasteiger partial charge < -0.3 is 15.5 Å². The number of rotatable bonds is 4. The van der Waals surface area contributed by atoms with Gasteiger partial charge in [-0.15, -0.1) is 0 Å². The predicted octanol–water partition coefficient (Wildman–Crippen LogP) is 2.39. The summed E-state index contributed by atoms with van der Waals surface area (Å²) < 4.78 is 37.0. The highest BCUT2D eigenvalue weighted by Gasteiger charge is 2.29. The van der Waals surface area contributed by atoms with E-state index in [0.717, 1.165) is 12.1 Å². The summed E-state index contributed by atoms with van der Waals surface area (Å²) in [6.07, 6.45) is -4.37.